The van der Waals surface area contributed by atoms with Crippen LogP contribution in [0.4, 0.5) is 4.39 Å². The third-order valence-corrected chi connectivity index (χ3v) is 4.29. The minimum absolute atomic E-state index is 0.0908. The minimum atomic E-state index is -3.81. The highest BCUT2D eigenvalue weighted by Gasteiger charge is 2.16. The number of nitrogens with zero attached hydrogens (tertiary/aromatic N) is 1. The Morgan fingerprint density at radius 2 is 2.16 bits per heavy atom. The first-order valence-electron chi connectivity index (χ1n) is 5.74. The third kappa shape index (κ3) is 3.76. The van der Waals surface area contributed by atoms with E-state index in [4.69, 9.17) is 16.7 Å². The van der Waals surface area contributed by atoms with Crippen LogP contribution in [-0.4, -0.2) is 26.4 Å². The average molecular weight is 305 g/mol. The third-order valence-electron chi connectivity index (χ3n) is 2.89. The second-order valence-corrected chi connectivity index (χ2v) is 6.40. The van der Waals surface area contributed by atoms with Gasteiger partial charge in [-0.05, 0) is 24.1 Å². The Labute approximate surface area is 116 Å². The molecule has 2 rings (SSSR count). The predicted molar refractivity (Wildman–Crippen MR) is 71.9 cm³/mol. The molecule has 0 saturated carbocycles. The van der Waals surface area contributed by atoms with Crippen molar-refractivity contribution in [3.8, 4) is 0 Å². The molecule has 1 aromatic carbocycles. The van der Waals surface area contributed by atoms with Crippen LogP contribution < -0.4 is 5.14 Å². The fourth-order valence-corrected chi connectivity index (χ4v) is 3.14. The molecule has 4 nitrogen and oxygen atoms in total. The van der Waals surface area contributed by atoms with Crippen molar-refractivity contribution in [1.82, 2.24) is 4.90 Å². The molecule has 0 aromatic heterocycles. The summed E-state index contributed by atoms with van der Waals surface area (Å²) in [5.41, 5.74) is 0.826. The molecule has 0 saturated heterocycles. The monoisotopic (exact) mass is 304 g/mol. The summed E-state index contributed by atoms with van der Waals surface area (Å²) in [6.45, 7) is 1.56. The van der Waals surface area contributed by atoms with E-state index in [9.17, 15) is 12.8 Å². The standard InChI is InChI=1S/C12H14ClFN2O2S/c13-11-6-9(3-4-12(11)19(15,17)18)7-16-5-1-2-10(14)8-16/h2-4,6H,1,5,7-8H2,(H2,15,17,18). The lowest BCUT2D eigenvalue weighted by Gasteiger charge is -2.24. The summed E-state index contributed by atoms with van der Waals surface area (Å²) in [6, 6.07) is 4.57. The van der Waals surface area contributed by atoms with Crippen molar-refractivity contribution in [2.45, 2.75) is 17.9 Å². The number of halogens is 2. The van der Waals surface area contributed by atoms with Crippen molar-refractivity contribution >= 4 is 21.6 Å². The van der Waals surface area contributed by atoms with Crippen LogP contribution in [0.1, 0.15) is 12.0 Å². The summed E-state index contributed by atoms with van der Waals surface area (Å²) in [5.74, 6) is -0.140. The Bertz CT molecular complexity index is 616. The number of nitrogens with two attached hydrogens (primary N) is 1. The molecule has 0 aliphatic carbocycles. The summed E-state index contributed by atoms with van der Waals surface area (Å²) in [6.07, 6.45) is 2.25. The number of sulfonamides is 1. The van der Waals surface area contributed by atoms with Crippen LogP contribution in [0.3, 0.4) is 0 Å². The minimum Gasteiger partial charge on any atom is -0.292 e. The molecule has 0 fully saturated rings. The van der Waals surface area contributed by atoms with Gasteiger partial charge in [-0.3, -0.25) is 4.90 Å². The molecule has 0 spiro atoms. The molecule has 1 aromatic rings. The molecule has 1 aliphatic heterocycles. The lowest BCUT2D eigenvalue weighted by atomic mass is 10.1. The summed E-state index contributed by atoms with van der Waals surface area (Å²) < 4.78 is 35.6. The highest BCUT2D eigenvalue weighted by molar-refractivity contribution is 7.89. The largest absolute Gasteiger partial charge is 0.292 e. The van der Waals surface area contributed by atoms with Gasteiger partial charge in [0.1, 0.15) is 10.7 Å². The zero-order valence-electron chi connectivity index (χ0n) is 10.1. The van der Waals surface area contributed by atoms with Crippen LogP contribution in [0.2, 0.25) is 5.02 Å². The van der Waals surface area contributed by atoms with Gasteiger partial charge in [0.05, 0.1) is 11.6 Å². The van der Waals surface area contributed by atoms with Gasteiger partial charge in [-0.2, -0.15) is 0 Å². The van der Waals surface area contributed by atoms with Gasteiger partial charge in [0.15, 0.2) is 0 Å². The van der Waals surface area contributed by atoms with E-state index in [2.05, 4.69) is 0 Å². The van der Waals surface area contributed by atoms with Crippen LogP contribution >= 0.6 is 11.6 Å². The van der Waals surface area contributed by atoms with Crippen LogP contribution in [0.5, 0.6) is 0 Å². The highest BCUT2D eigenvalue weighted by atomic mass is 35.5. The lowest BCUT2D eigenvalue weighted by Crippen LogP contribution is -2.28. The Hall–Kier alpha value is -0.950. The smallest absolute Gasteiger partial charge is 0.239 e. The fourth-order valence-electron chi connectivity index (χ4n) is 2.03. The van der Waals surface area contributed by atoms with Crippen molar-refractivity contribution in [3.05, 3.63) is 40.7 Å². The molecule has 104 valence electrons. The van der Waals surface area contributed by atoms with Crippen LogP contribution in [0.25, 0.3) is 0 Å². The van der Waals surface area contributed by atoms with E-state index >= 15 is 0 Å². The number of benzene rings is 1. The van der Waals surface area contributed by atoms with Gasteiger partial charge < -0.3 is 0 Å². The van der Waals surface area contributed by atoms with E-state index in [1.54, 1.807) is 18.2 Å². The maximum absolute atomic E-state index is 13.1. The van der Waals surface area contributed by atoms with Gasteiger partial charge in [0, 0.05) is 13.1 Å². The number of rotatable bonds is 3. The highest BCUT2D eigenvalue weighted by Crippen LogP contribution is 2.23. The molecule has 0 unspecified atom stereocenters. The Morgan fingerprint density at radius 3 is 2.74 bits per heavy atom. The first-order valence-corrected chi connectivity index (χ1v) is 7.67. The molecule has 1 heterocycles. The van der Waals surface area contributed by atoms with Crippen LogP contribution in [0, 0.1) is 0 Å². The van der Waals surface area contributed by atoms with E-state index in [1.165, 1.54) is 6.07 Å². The SMILES string of the molecule is NS(=O)(=O)c1ccc(CN2CCC=C(F)C2)cc1Cl. The Balaban J connectivity index is 2.15. The fraction of sp³-hybridized carbons (Fsp3) is 0.333. The molecular weight excluding hydrogens is 291 g/mol. The van der Waals surface area contributed by atoms with Crippen LogP contribution in [0.15, 0.2) is 35.0 Å². The molecule has 0 radical (unpaired) electrons. The van der Waals surface area contributed by atoms with Crippen molar-refractivity contribution in [3.63, 3.8) is 0 Å². The van der Waals surface area contributed by atoms with Crippen molar-refractivity contribution in [2.24, 2.45) is 5.14 Å². The number of primary sulfonamides is 1. The number of hydrogen-bond donors (Lipinski definition) is 1. The molecule has 0 bridgehead atoms. The quantitative estimate of drug-likeness (QED) is 0.929. The summed E-state index contributed by atoms with van der Waals surface area (Å²) in [5, 5.41) is 5.12. The van der Waals surface area contributed by atoms with E-state index in [-0.39, 0.29) is 22.3 Å². The molecule has 1 aliphatic rings. The van der Waals surface area contributed by atoms with Crippen molar-refractivity contribution in [1.29, 1.82) is 0 Å². The Kier molecular flexibility index (Phi) is 4.25. The lowest BCUT2D eigenvalue weighted by molar-refractivity contribution is 0.259. The molecule has 7 heteroatoms. The molecule has 0 atom stereocenters. The van der Waals surface area contributed by atoms with Crippen molar-refractivity contribution in [2.75, 3.05) is 13.1 Å². The van der Waals surface area contributed by atoms with Gasteiger partial charge in [-0.25, -0.2) is 17.9 Å². The molecule has 0 amide bonds. The van der Waals surface area contributed by atoms with Gasteiger partial charge >= 0.3 is 0 Å². The summed E-state index contributed by atoms with van der Waals surface area (Å²) >= 11 is 5.90. The van der Waals surface area contributed by atoms with E-state index in [0.717, 1.165) is 12.1 Å². The van der Waals surface area contributed by atoms with Gasteiger partial charge in [0.25, 0.3) is 0 Å². The normalized spacial score (nSPS) is 17.3. The van der Waals surface area contributed by atoms with E-state index in [1.807, 2.05) is 4.90 Å². The molecular formula is C12H14ClFN2O2S. The zero-order valence-corrected chi connectivity index (χ0v) is 11.7. The first-order chi connectivity index (χ1) is 8.86. The van der Waals surface area contributed by atoms with Gasteiger partial charge in [-0.15, -0.1) is 0 Å². The molecule has 19 heavy (non-hydrogen) atoms. The zero-order chi connectivity index (χ0) is 14.0. The topological polar surface area (TPSA) is 63.4 Å². The van der Waals surface area contributed by atoms with Crippen LogP contribution in [-0.2, 0) is 16.6 Å². The first kappa shape index (κ1) is 14.5. The second kappa shape index (κ2) is 5.58. The predicted octanol–water partition coefficient (Wildman–Crippen LogP) is 2.05. The summed E-state index contributed by atoms with van der Waals surface area (Å²) in [7, 11) is -3.81. The Morgan fingerprint density at radius 1 is 1.42 bits per heavy atom. The maximum atomic E-state index is 13.1. The maximum Gasteiger partial charge on any atom is 0.239 e. The van der Waals surface area contributed by atoms with Crippen molar-refractivity contribution < 1.29 is 12.8 Å². The average Bonchev–Trinajstić information content (AvgIpc) is 2.27. The van der Waals surface area contributed by atoms with E-state index < -0.39 is 10.0 Å². The second-order valence-electron chi connectivity index (χ2n) is 4.46. The van der Waals surface area contributed by atoms with Gasteiger partial charge in [0.2, 0.25) is 10.0 Å². The van der Waals surface area contributed by atoms with E-state index in [0.29, 0.717) is 13.0 Å². The summed E-state index contributed by atoms with van der Waals surface area (Å²) in [4.78, 5) is 1.83. The number of hydrogen-bond acceptors (Lipinski definition) is 3. The molecule has 2 N–H and O–H groups in total. The van der Waals surface area contributed by atoms with Gasteiger partial charge in [-0.1, -0.05) is 23.7 Å².